The number of aliphatic hydroxyl groups excluding tert-OH is 5. The molecule has 14 heteroatoms. The Balaban J connectivity index is 1.39. The van der Waals surface area contributed by atoms with Crippen LogP contribution in [0.1, 0.15) is 6.92 Å². The SMILES string of the molecule is C[C@@H]1O[C@H](Oc2cc3oc(-c4ccc(O)cc4)cc(=O)c3c(O)c2O)[C@@H](O)[C@H](O)[C@H]1O[C@@H]1OC[C@@H](O)[C@@H](O)[C@@H]1O. The molecule has 2 saturated heterocycles. The van der Waals surface area contributed by atoms with Gasteiger partial charge in [0.1, 0.15) is 59.1 Å². The normalized spacial score (nSPS) is 32.7. The predicted octanol–water partition coefficient (Wildman–Crippen LogP) is -0.754. The van der Waals surface area contributed by atoms with E-state index in [-0.39, 0.29) is 29.1 Å². The molecule has 0 aliphatic carbocycles. The third kappa shape index (κ3) is 5.07. The van der Waals surface area contributed by atoms with Gasteiger partial charge in [-0.3, -0.25) is 4.79 Å². The minimum atomic E-state index is -1.79. The topological polar surface area (TPSA) is 229 Å². The molecule has 1 aromatic heterocycles. The smallest absolute Gasteiger partial charge is 0.229 e. The summed E-state index contributed by atoms with van der Waals surface area (Å²) in [5.74, 6) is -2.04. The third-order valence-electron chi connectivity index (χ3n) is 6.85. The fraction of sp³-hybridized carbons (Fsp3) is 0.423. The van der Waals surface area contributed by atoms with Gasteiger partial charge in [-0.05, 0) is 31.2 Å². The molecule has 2 aliphatic heterocycles. The molecule has 8 N–H and O–H groups in total. The Labute approximate surface area is 225 Å². The zero-order chi connectivity index (χ0) is 28.9. The first-order valence-electron chi connectivity index (χ1n) is 12.3. The van der Waals surface area contributed by atoms with Crippen molar-refractivity contribution in [1.82, 2.24) is 0 Å². The van der Waals surface area contributed by atoms with Gasteiger partial charge in [0.25, 0.3) is 0 Å². The molecule has 0 radical (unpaired) electrons. The van der Waals surface area contributed by atoms with Crippen LogP contribution in [0.15, 0.2) is 45.6 Å². The van der Waals surface area contributed by atoms with Crippen LogP contribution in [-0.4, -0.2) is 103 Å². The van der Waals surface area contributed by atoms with Crippen LogP contribution in [0.4, 0.5) is 0 Å². The number of hydrogen-bond donors (Lipinski definition) is 8. The first kappa shape index (κ1) is 28.1. The van der Waals surface area contributed by atoms with Crippen molar-refractivity contribution in [3.63, 3.8) is 0 Å². The maximum Gasteiger partial charge on any atom is 0.229 e. The maximum atomic E-state index is 12.7. The van der Waals surface area contributed by atoms with Gasteiger partial charge in [0.2, 0.25) is 12.0 Å². The molecule has 0 spiro atoms. The standard InChI is InChI=1S/C26H28O14/c1-9-24(40-25-22(34)18(30)13(29)8-36-25)21(33)23(35)26(37-9)39-16-7-15-17(20(32)19(16)31)12(28)6-14(38-15)10-2-4-11(27)5-3-10/h2-7,9,13,18,21-27,29-35H,8H2,1H3/t9-,13+,18+,21-,22-,23-,24-,25-,26+/m0/s1. The highest BCUT2D eigenvalue weighted by Crippen LogP contribution is 2.43. The van der Waals surface area contributed by atoms with Crippen LogP contribution < -0.4 is 10.2 Å². The van der Waals surface area contributed by atoms with Gasteiger partial charge in [-0.2, -0.15) is 0 Å². The van der Waals surface area contributed by atoms with Gasteiger partial charge in [-0.25, -0.2) is 0 Å². The van der Waals surface area contributed by atoms with E-state index in [1.54, 1.807) is 0 Å². The average Bonchev–Trinajstić information content (AvgIpc) is 2.92. The largest absolute Gasteiger partial charge is 0.508 e. The molecule has 2 aliphatic rings. The van der Waals surface area contributed by atoms with Crippen molar-refractivity contribution in [1.29, 1.82) is 0 Å². The fourth-order valence-electron chi connectivity index (χ4n) is 4.60. The summed E-state index contributed by atoms with van der Waals surface area (Å²) in [6.07, 6.45) is -13.3. The van der Waals surface area contributed by atoms with Gasteiger partial charge >= 0.3 is 0 Å². The lowest BCUT2D eigenvalue weighted by Crippen LogP contribution is -2.62. The summed E-state index contributed by atoms with van der Waals surface area (Å²) in [6, 6.07) is 7.99. The average molecular weight is 564 g/mol. The number of phenols is 3. The van der Waals surface area contributed by atoms with Gasteiger partial charge in [0.05, 0.1) is 12.7 Å². The lowest BCUT2D eigenvalue weighted by Gasteiger charge is -2.44. The second-order valence-corrected chi connectivity index (χ2v) is 9.63. The first-order valence-corrected chi connectivity index (χ1v) is 12.3. The Hall–Kier alpha value is -3.47. The lowest BCUT2D eigenvalue weighted by molar-refractivity contribution is -0.334. The van der Waals surface area contributed by atoms with Crippen molar-refractivity contribution in [3.05, 3.63) is 46.6 Å². The van der Waals surface area contributed by atoms with Crippen molar-refractivity contribution in [2.45, 2.75) is 62.2 Å². The van der Waals surface area contributed by atoms with E-state index in [1.807, 2.05) is 0 Å². The van der Waals surface area contributed by atoms with Crippen molar-refractivity contribution < 1.29 is 64.2 Å². The van der Waals surface area contributed by atoms with Crippen LogP contribution in [-0.2, 0) is 14.2 Å². The number of ether oxygens (including phenoxy) is 4. The van der Waals surface area contributed by atoms with E-state index in [9.17, 15) is 45.6 Å². The molecule has 0 saturated carbocycles. The van der Waals surface area contributed by atoms with Crippen LogP contribution >= 0.6 is 0 Å². The molecular weight excluding hydrogens is 536 g/mol. The van der Waals surface area contributed by atoms with Gasteiger partial charge < -0.3 is 64.2 Å². The molecule has 3 heterocycles. The summed E-state index contributed by atoms with van der Waals surface area (Å²) in [5, 5.41) is 81.3. The van der Waals surface area contributed by atoms with Crippen LogP contribution in [0, 0.1) is 0 Å². The molecule has 3 aromatic rings. The Morgan fingerprint density at radius 2 is 1.52 bits per heavy atom. The molecule has 2 aromatic carbocycles. The lowest BCUT2D eigenvalue weighted by atomic mass is 9.99. The van der Waals surface area contributed by atoms with E-state index in [2.05, 4.69) is 0 Å². The van der Waals surface area contributed by atoms with E-state index in [0.29, 0.717) is 5.56 Å². The van der Waals surface area contributed by atoms with Crippen LogP contribution in [0.5, 0.6) is 23.0 Å². The van der Waals surface area contributed by atoms with Gasteiger partial charge in [-0.1, -0.05) is 0 Å². The molecule has 0 amide bonds. The molecule has 0 bridgehead atoms. The van der Waals surface area contributed by atoms with Crippen LogP contribution in [0.2, 0.25) is 0 Å². The molecule has 0 unspecified atom stereocenters. The zero-order valence-corrected chi connectivity index (χ0v) is 20.9. The Morgan fingerprint density at radius 1 is 0.850 bits per heavy atom. The van der Waals surface area contributed by atoms with E-state index < -0.39 is 78.0 Å². The van der Waals surface area contributed by atoms with Crippen LogP contribution in [0.3, 0.4) is 0 Å². The van der Waals surface area contributed by atoms with Crippen molar-refractivity contribution in [2.75, 3.05) is 6.61 Å². The number of fused-ring (bicyclic) bond motifs is 1. The minimum absolute atomic E-state index is 0.000862. The van der Waals surface area contributed by atoms with Crippen molar-refractivity contribution in [2.24, 2.45) is 0 Å². The Morgan fingerprint density at radius 3 is 2.23 bits per heavy atom. The van der Waals surface area contributed by atoms with E-state index in [4.69, 9.17) is 23.4 Å². The molecule has 5 rings (SSSR count). The highest BCUT2D eigenvalue weighted by atomic mass is 16.7. The highest BCUT2D eigenvalue weighted by molar-refractivity contribution is 5.89. The van der Waals surface area contributed by atoms with Gasteiger partial charge in [0.15, 0.2) is 23.2 Å². The maximum absolute atomic E-state index is 12.7. The second-order valence-electron chi connectivity index (χ2n) is 9.63. The molecule has 2 fully saturated rings. The molecule has 9 atom stereocenters. The predicted molar refractivity (Wildman–Crippen MR) is 133 cm³/mol. The van der Waals surface area contributed by atoms with E-state index >= 15 is 0 Å². The molecule has 14 nitrogen and oxygen atoms in total. The Bertz CT molecular complexity index is 1420. The molecule has 40 heavy (non-hydrogen) atoms. The van der Waals surface area contributed by atoms with Gasteiger partial charge in [-0.15, -0.1) is 0 Å². The summed E-state index contributed by atoms with van der Waals surface area (Å²) in [5.41, 5.74) is -0.411. The highest BCUT2D eigenvalue weighted by Gasteiger charge is 2.48. The molecule has 216 valence electrons. The minimum Gasteiger partial charge on any atom is -0.508 e. The Kier molecular flexibility index (Phi) is 7.60. The van der Waals surface area contributed by atoms with Crippen molar-refractivity contribution in [3.8, 4) is 34.3 Å². The zero-order valence-electron chi connectivity index (χ0n) is 20.9. The first-order chi connectivity index (χ1) is 19.0. The van der Waals surface area contributed by atoms with E-state index in [0.717, 1.165) is 12.1 Å². The number of hydrogen-bond acceptors (Lipinski definition) is 14. The summed E-state index contributed by atoms with van der Waals surface area (Å²) < 4.78 is 27.7. The van der Waals surface area contributed by atoms with Gasteiger partial charge in [0, 0.05) is 17.7 Å². The number of aromatic hydroxyl groups is 3. The van der Waals surface area contributed by atoms with E-state index in [1.165, 1.54) is 31.2 Å². The monoisotopic (exact) mass is 564 g/mol. The summed E-state index contributed by atoms with van der Waals surface area (Å²) >= 11 is 0. The van der Waals surface area contributed by atoms with Crippen molar-refractivity contribution >= 4 is 11.0 Å². The number of phenolic OH excluding ortho intramolecular Hbond substituents is 3. The summed E-state index contributed by atoms with van der Waals surface area (Å²) in [7, 11) is 0. The number of rotatable bonds is 5. The fourth-order valence-corrected chi connectivity index (χ4v) is 4.60. The quantitative estimate of drug-likeness (QED) is 0.178. The second kappa shape index (κ2) is 10.8. The third-order valence-corrected chi connectivity index (χ3v) is 6.85. The number of aliphatic hydroxyl groups is 5. The molecular formula is C26H28O14. The van der Waals surface area contributed by atoms with Crippen LogP contribution in [0.25, 0.3) is 22.3 Å². The number of benzene rings is 2. The summed E-state index contributed by atoms with van der Waals surface area (Å²) in [4.78, 5) is 12.7. The summed E-state index contributed by atoms with van der Waals surface area (Å²) in [6.45, 7) is 1.11.